The van der Waals surface area contributed by atoms with Crippen molar-refractivity contribution in [2.24, 2.45) is 0 Å². The van der Waals surface area contributed by atoms with E-state index in [1.54, 1.807) is 0 Å². The van der Waals surface area contributed by atoms with E-state index in [0.717, 1.165) is 17.7 Å². The summed E-state index contributed by atoms with van der Waals surface area (Å²) in [6.45, 7) is 0. The first kappa shape index (κ1) is 20.5. The van der Waals surface area contributed by atoms with Crippen LogP contribution >= 0.6 is 0 Å². The zero-order valence-electron chi connectivity index (χ0n) is 14.5. The minimum Gasteiger partial charge on any atom is -0.481 e. The first-order chi connectivity index (χ1) is 12.7. The van der Waals surface area contributed by atoms with Crippen molar-refractivity contribution in [1.82, 2.24) is 5.32 Å². The van der Waals surface area contributed by atoms with Crippen molar-refractivity contribution in [3.05, 3.63) is 71.3 Å². The van der Waals surface area contributed by atoms with Gasteiger partial charge in [0.25, 0.3) is 0 Å². The van der Waals surface area contributed by atoms with Gasteiger partial charge in [0.05, 0.1) is 12.0 Å². The lowest BCUT2D eigenvalue weighted by molar-refractivity contribution is -0.138. The number of aliphatic carboxylic acids is 1. The highest BCUT2D eigenvalue weighted by Crippen LogP contribution is 2.29. The molecule has 0 saturated heterocycles. The SMILES string of the molecule is O=C(O)CCC(Cc1ccccc1)NC(=O)Cc1cccc(C(F)(F)F)c1. The maximum Gasteiger partial charge on any atom is 0.416 e. The van der Waals surface area contributed by atoms with Gasteiger partial charge in [0.15, 0.2) is 0 Å². The molecule has 0 fully saturated rings. The Bertz CT molecular complexity index is 776. The number of rotatable bonds is 8. The van der Waals surface area contributed by atoms with Gasteiger partial charge in [-0.3, -0.25) is 9.59 Å². The molecule has 27 heavy (non-hydrogen) atoms. The third-order valence-corrected chi connectivity index (χ3v) is 4.02. The molecule has 2 aromatic carbocycles. The smallest absolute Gasteiger partial charge is 0.416 e. The average Bonchev–Trinajstić information content (AvgIpc) is 2.60. The number of halogens is 3. The van der Waals surface area contributed by atoms with Crippen molar-refractivity contribution in [1.29, 1.82) is 0 Å². The van der Waals surface area contributed by atoms with Crippen LogP contribution in [0.2, 0.25) is 0 Å². The van der Waals surface area contributed by atoms with Gasteiger partial charge in [0.1, 0.15) is 0 Å². The molecule has 0 heterocycles. The van der Waals surface area contributed by atoms with Crippen molar-refractivity contribution in [3.8, 4) is 0 Å². The van der Waals surface area contributed by atoms with Crippen molar-refractivity contribution in [2.75, 3.05) is 0 Å². The van der Waals surface area contributed by atoms with Crippen LogP contribution in [0.4, 0.5) is 13.2 Å². The summed E-state index contributed by atoms with van der Waals surface area (Å²) in [7, 11) is 0. The van der Waals surface area contributed by atoms with Crippen LogP contribution in [0, 0.1) is 0 Å². The van der Waals surface area contributed by atoms with Crippen LogP contribution in [-0.4, -0.2) is 23.0 Å². The first-order valence-electron chi connectivity index (χ1n) is 8.45. The van der Waals surface area contributed by atoms with E-state index in [0.29, 0.717) is 6.42 Å². The van der Waals surface area contributed by atoms with Gasteiger partial charge in [-0.15, -0.1) is 0 Å². The zero-order chi connectivity index (χ0) is 19.9. The van der Waals surface area contributed by atoms with E-state index in [1.807, 2.05) is 30.3 Å². The summed E-state index contributed by atoms with van der Waals surface area (Å²) in [4.78, 5) is 23.1. The predicted molar refractivity (Wildman–Crippen MR) is 94.1 cm³/mol. The van der Waals surface area contributed by atoms with Gasteiger partial charge >= 0.3 is 12.1 Å². The van der Waals surface area contributed by atoms with Gasteiger partial charge < -0.3 is 10.4 Å². The lowest BCUT2D eigenvalue weighted by atomic mass is 10.0. The molecule has 2 rings (SSSR count). The molecule has 0 aliphatic rings. The van der Waals surface area contributed by atoms with Crippen LogP contribution in [0.1, 0.15) is 29.5 Å². The molecule has 0 aromatic heterocycles. The summed E-state index contributed by atoms with van der Waals surface area (Å²) in [5.74, 6) is -1.42. The fourth-order valence-electron chi connectivity index (χ4n) is 2.74. The van der Waals surface area contributed by atoms with E-state index in [2.05, 4.69) is 5.32 Å². The van der Waals surface area contributed by atoms with Crippen LogP contribution in [0.5, 0.6) is 0 Å². The van der Waals surface area contributed by atoms with Crippen molar-refractivity contribution in [3.63, 3.8) is 0 Å². The van der Waals surface area contributed by atoms with Gasteiger partial charge in [-0.05, 0) is 30.0 Å². The number of hydrogen-bond acceptors (Lipinski definition) is 2. The van der Waals surface area contributed by atoms with Crippen LogP contribution < -0.4 is 5.32 Å². The Labute approximate surface area is 155 Å². The molecule has 1 amide bonds. The van der Waals surface area contributed by atoms with E-state index >= 15 is 0 Å². The number of benzene rings is 2. The molecule has 144 valence electrons. The Balaban J connectivity index is 2.03. The number of carbonyl (C=O) groups excluding carboxylic acids is 1. The van der Waals surface area contributed by atoms with E-state index < -0.39 is 29.7 Å². The minimum absolute atomic E-state index is 0.110. The van der Waals surface area contributed by atoms with Gasteiger partial charge in [-0.1, -0.05) is 48.5 Å². The standard InChI is InChI=1S/C20H20F3NO3/c21-20(22,23)16-8-4-7-15(11-16)13-18(25)24-17(9-10-19(26)27)12-14-5-2-1-3-6-14/h1-8,11,17H,9-10,12-13H2,(H,24,25)(H,26,27). The number of alkyl halides is 3. The summed E-state index contributed by atoms with van der Waals surface area (Å²) >= 11 is 0. The molecule has 2 aromatic rings. The molecule has 0 aliphatic carbocycles. The third kappa shape index (κ3) is 7.13. The van der Waals surface area contributed by atoms with Crippen LogP contribution in [0.25, 0.3) is 0 Å². The fourth-order valence-corrected chi connectivity index (χ4v) is 2.74. The van der Waals surface area contributed by atoms with Crippen molar-refractivity contribution < 1.29 is 27.9 Å². The molecule has 1 atom stereocenters. The first-order valence-corrected chi connectivity index (χ1v) is 8.45. The fraction of sp³-hybridized carbons (Fsp3) is 0.300. The van der Waals surface area contributed by atoms with Gasteiger partial charge in [0.2, 0.25) is 5.91 Å². The van der Waals surface area contributed by atoms with E-state index in [-0.39, 0.29) is 24.8 Å². The zero-order valence-corrected chi connectivity index (χ0v) is 14.5. The Kier molecular flexibility index (Phi) is 6.98. The Morgan fingerprint density at radius 3 is 2.30 bits per heavy atom. The minimum atomic E-state index is -4.47. The number of nitrogens with one attached hydrogen (secondary N) is 1. The highest BCUT2D eigenvalue weighted by atomic mass is 19.4. The average molecular weight is 379 g/mol. The maximum absolute atomic E-state index is 12.8. The molecule has 0 saturated carbocycles. The molecule has 0 spiro atoms. The molecular formula is C20H20F3NO3. The summed E-state index contributed by atoms with van der Waals surface area (Å²) in [6.07, 6.45) is -4.10. The third-order valence-electron chi connectivity index (χ3n) is 4.02. The molecule has 1 unspecified atom stereocenters. The van der Waals surface area contributed by atoms with E-state index in [1.165, 1.54) is 12.1 Å². The van der Waals surface area contributed by atoms with Crippen LogP contribution in [0.3, 0.4) is 0 Å². The molecule has 0 bridgehead atoms. The lowest BCUT2D eigenvalue weighted by Crippen LogP contribution is -2.37. The molecule has 0 radical (unpaired) electrons. The molecule has 7 heteroatoms. The monoisotopic (exact) mass is 379 g/mol. The second-order valence-corrected chi connectivity index (χ2v) is 6.26. The molecule has 2 N–H and O–H groups in total. The Morgan fingerprint density at radius 1 is 1.00 bits per heavy atom. The van der Waals surface area contributed by atoms with Crippen LogP contribution in [0.15, 0.2) is 54.6 Å². The predicted octanol–water partition coefficient (Wildman–Crippen LogP) is 3.84. The second-order valence-electron chi connectivity index (χ2n) is 6.26. The van der Waals surface area contributed by atoms with E-state index in [4.69, 9.17) is 5.11 Å². The Hall–Kier alpha value is -2.83. The topological polar surface area (TPSA) is 66.4 Å². The van der Waals surface area contributed by atoms with Crippen molar-refractivity contribution >= 4 is 11.9 Å². The number of carboxylic acid groups (broad SMARTS) is 1. The number of carboxylic acids is 1. The number of hydrogen-bond donors (Lipinski definition) is 2. The molecule has 0 aliphatic heterocycles. The summed E-state index contributed by atoms with van der Waals surface area (Å²) < 4.78 is 38.3. The molecule has 4 nitrogen and oxygen atoms in total. The van der Waals surface area contributed by atoms with E-state index in [9.17, 15) is 22.8 Å². The normalized spacial score (nSPS) is 12.4. The van der Waals surface area contributed by atoms with Gasteiger partial charge in [-0.2, -0.15) is 13.2 Å². The summed E-state index contributed by atoms with van der Waals surface area (Å²) in [5, 5.41) is 11.6. The van der Waals surface area contributed by atoms with Gasteiger partial charge in [0, 0.05) is 12.5 Å². The Morgan fingerprint density at radius 2 is 1.67 bits per heavy atom. The summed E-state index contributed by atoms with van der Waals surface area (Å²) in [5.41, 5.74) is 0.380. The highest BCUT2D eigenvalue weighted by Gasteiger charge is 2.30. The number of amides is 1. The second kappa shape index (κ2) is 9.21. The maximum atomic E-state index is 12.8. The lowest BCUT2D eigenvalue weighted by Gasteiger charge is -2.18. The number of carbonyl (C=O) groups is 2. The molecular weight excluding hydrogens is 359 g/mol. The van der Waals surface area contributed by atoms with Crippen molar-refractivity contribution in [2.45, 2.75) is 37.9 Å². The summed E-state index contributed by atoms with van der Waals surface area (Å²) in [6, 6.07) is 13.5. The van der Waals surface area contributed by atoms with Crippen LogP contribution in [-0.2, 0) is 28.6 Å². The van der Waals surface area contributed by atoms with Gasteiger partial charge in [-0.25, -0.2) is 0 Å². The largest absolute Gasteiger partial charge is 0.481 e. The quantitative estimate of drug-likeness (QED) is 0.732. The highest BCUT2D eigenvalue weighted by molar-refractivity contribution is 5.79.